The lowest BCUT2D eigenvalue weighted by molar-refractivity contribution is -0.118. The topological polar surface area (TPSA) is 68.7 Å². The van der Waals surface area contributed by atoms with E-state index in [1.165, 1.54) is 16.8 Å². The number of aryl methyl sites for hydroxylation is 1. The van der Waals surface area contributed by atoms with Crippen LogP contribution in [0.1, 0.15) is 11.1 Å². The maximum atomic E-state index is 10.9. The number of benzene rings is 1. The highest BCUT2D eigenvalue weighted by molar-refractivity contribution is 5.57. The summed E-state index contributed by atoms with van der Waals surface area (Å²) in [5.74, 6) is 1.53. The highest BCUT2D eigenvalue weighted by atomic mass is 16.1. The highest BCUT2D eigenvalue weighted by Crippen LogP contribution is 2.25. The van der Waals surface area contributed by atoms with Crippen LogP contribution >= 0.6 is 0 Å². The first kappa shape index (κ1) is 18.5. The van der Waals surface area contributed by atoms with Crippen molar-refractivity contribution in [1.29, 1.82) is 0 Å². The molecular weight excluding hydrogens is 354 g/mol. The summed E-state index contributed by atoms with van der Waals surface area (Å²) in [7, 11) is 0. The number of carbonyl (C=O) groups excluding carboxylic acids is 1. The lowest BCUT2D eigenvalue weighted by Crippen LogP contribution is -2.48. The molecule has 0 atom stereocenters. The monoisotopic (exact) mass is 381 g/mol. The summed E-state index contributed by atoms with van der Waals surface area (Å²) in [6.45, 7) is 11.0. The molecule has 0 bridgehead atoms. The number of hydrogen-bond acceptors (Lipinski definition) is 7. The molecule has 2 aromatic rings. The van der Waals surface area contributed by atoms with Crippen molar-refractivity contribution in [3.63, 3.8) is 0 Å². The van der Waals surface area contributed by atoms with Crippen LogP contribution < -0.4 is 14.7 Å². The zero-order valence-electron chi connectivity index (χ0n) is 16.6. The van der Waals surface area contributed by atoms with Crippen molar-refractivity contribution < 1.29 is 4.79 Å². The number of hydrogen-bond donors (Lipinski definition) is 0. The molecule has 148 valence electrons. The second-order valence-electron chi connectivity index (χ2n) is 7.44. The van der Waals surface area contributed by atoms with Crippen LogP contribution in [-0.4, -0.2) is 78.8 Å². The van der Waals surface area contributed by atoms with Gasteiger partial charge in [-0.25, -0.2) is 0 Å². The molecule has 2 fully saturated rings. The molecule has 8 nitrogen and oxygen atoms in total. The average Bonchev–Trinajstić information content (AvgIpc) is 2.76. The Labute approximate surface area is 165 Å². The van der Waals surface area contributed by atoms with Crippen molar-refractivity contribution in [2.45, 2.75) is 13.8 Å². The van der Waals surface area contributed by atoms with Crippen LogP contribution in [0.15, 0.2) is 24.4 Å². The third kappa shape index (κ3) is 3.72. The van der Waals surface area contributed by atoms with Crippen LogP contribution in [0.4, 0.5) is 17.5 Å². The highest BCUT2D eigenvalue weighted by Gasteiger charge is 2.22. The van der Waals surface area contributed by atoms with E-state index in [9.17, 15) is 4.79 Å². The molecule has 2 aliphatic heterocycles. The SMILES string of the molecule is Cc1cccc(N2CCN(c3cnnc(N4CCN(C=O)CC4)n3)CC2)c1C. The predicted octanol–water partition coefficient (Wildman–Crippen LogP) is 1.09. The first-order valence-electron chi connectivity index (χ1n) is 9.86. The Bertz CT molecular complexity index is 827. The van der Waals surface area contributed by atoms with Gasteiger partial charge in [-0.15, -0.1) is 5.10 Å². The van der Waals surface area contributed by atoms with Crippen LogP contribution in [0.2, 0.25) is 0 Å². The number of carbonyl (C=O) groups is 1. The molecule has 1 amide bonds. The summed E-state index contributed by atoms with van der Waals surface area (Å²) < 4.78 is 0. The van der Waals surface area contributed by atoms with Gasteiger partial charge in [0.25, 0.3) is 0 Å². The molecule has 0 unspecified atom stereocenters. The summed E-state index contributed by atoms with van der Waals surface area (Å²) in [6.07, 6.45) is 2.65. The van der Waals surface area contributed by atoms with Crippen LogP contribution in [0.3, 0.4) is 0 Å². The minimum atomic E-state index is 0.653. The van der Waals surface area contributed by atoms with E-state index in [1.54, 1.807) is 11.1 Å². The van der Waals surface area contributed by atoms with E-state index in [0.717, 1.165) is 51.5 Å². The van der Waals surface area contributed by atoms with E-state index in [4.69, 9.17) is 4.98 Å². The van der Waals surface area contributed by atoms with E-state index in [-0.39, 0.29) is 0 Å². The Morgan fingerprint density at radius 3 is 2.29 bits per heavy atom. The first-order chi connectivity index (χ1) is 13.7. The molecule has 8 heteroatoms. The van der Waals surface area contributed by atoms with Gasteiger partial charge in [-0.1, -0.05) is 12.1 Å². The fourth-order valence-corrected chi connectivity index (χ4v) is 3.85. The fourth-order valence-electron chi connectivity index (χ4n) is 3.85. The molecule has 2 saturated heterocycles. The zero-order chi connectivity index (χ0) is 19.5. The molecule has 0 aliphatic carbocycles. The third-order valence-corrected chi connectivity index (χ3v) is 5.80. The quantitative estimate of drug-likeness (QED) is 0.735. The van der Waals surface area contributed by atoms with Crippen LogP contribution in [0, 0.1) is 13.8 Å². The lowest BCUT2D eigenvalue weighted by atomic mass is 10.1. The smallest absolute Gasteiger partial charge is 0.247 e. The largest absolute Gasteiger partial charge is 0.368 e. The molecule has 0 radical (unpaired) electrons. The van der Waals surface area contributed by atoms with E-state index >= 15 is 0 Å². The number of rotatable bonds is 4. The van der Waals surface area contributed by atoms with Crippen molar-refractivity contribution in [3.05, 3.63) is 35.5 Å². The van der Waals surface area contributed by atoms with Crippen LogP contribution in [0.5, 0.6) is 0 Å². The molecule has 0 spiro atoms. The molecule has 3 heterocycles. The fraction of sp³-hybridized carbons (Fsp3) is 0.500. The predicted molar refractivity (Wildman–Crippen MR) is 110 cm³/mol. The van der Waals surface area contributed by atoms with Gasteiger partial charge in [0.05, 0.1) is 6.20 Å². The van der Waals surface area contributed by atoms with Gasteiger partial charge in [0.2, 0.25) is 12.4 Å². The molecule has 0 N–H and O–H groups in total. The molecule has 2 aliphatic rings. The summed E-state index contributed by atoms with van der Waals surface area (Å²) in [5, 5.41) is 8.40. The Morgan fingerprint density at radius 1 is 0.893 bits per heavy atom. The van der Waals surface area contributed by atoms with Gasteiger partial charge in [-0.05, 0) is 31.0 Å². The number of piperazine rings is 2. The second-order valence-corrected chi connectivity index (χ2v) is 7.44. The molecule has 0 saturated carbocycles. The van der Waals surface area contributed by atoms with Crippen molar-refractivity contribution >= 4 is 23.9 Å². The van der Waals surface area contributed by atoms with Crippen molar-refractivity contribution in [3.8, 4) is 0 Å². The maximum Gasteiger partial charge on any atom is 0.247 e. The second kappa shape index (κ2) is 8.00. The standard InChI is InChI=1S/C20H27N7O/c1-16-4-3-5-18(17(16)2)25-10-12-26(13-11-25)19-14-21-23-20(22-19)27-8-6-24(15-28)7-9-27/h3-5,14-15H,6-13H2,1-2H3. The Kier molecular flexibility index (Phi) is 5.27. The van der Waals surface area contributed by atoms with E-state index < -0.39 is 0 Å². The van der Waals surface area contributed by atoms with Crippen molar-refractivity contribution in [1.82, 2.24) is 20.1 Å². The number of anilines is 3. The maximum absolute atomic E-state index is 10.9. The Hall–Kier alpha value is -2.90. The minimum Gasteiger partial charge on any atom is -0.368 e. The Morgan fingerprint density at radius 2 is 1.57 bits per heavy atom. The summed E-state index contributed by atoms with van der Waals surface area (Å²) in [4.78, 5) is 24.2. The van der Waals surface area contributed by atoms with Crippen LogP contribution in [0.25, 0.3) is 0 Å². The van der Waals surface area contributed by atoms with Gasteiger partial charge in [-0.2, -0.15) is 10.1 Å². The number of nitrogens with zero attached hydrogens (tertiary/aromatic N) is 7. The Balaban J connectivity index is 1.41. The van der Waals surface area contributed by atoms with Gasteiger partial charge in [0.1, 0.15) is 0 Å². The molecule has 1 aromatic heterocycles. The minimum absolute atomic E-state index is 0.653. The van der Waals surface area contributed by atoms with Gasteiger partial charge in [0.15, 0.2) is 5.82 Å². The summed E-state index contributed by atoms with van der Waals surface area (Å²) in [6, 6.07) is 6.51. The summed E-state index contributed by atoms with van der Waals surface area (Å²) in [5.41, 5.74) is 4.02. The normalized spacial score (nSPS) is 17.8. The van der Waals surface area contributed by atoms with Crippen molar-refractivity contribution in [2.75, 3.05) is 67.1 Å². The molecule has 28 heavy (non-hydrogen) atoms. The van der Waals surface area contributed by atoms with E-state index in [0.29, 0.717) is 19.0 Å². The average molecular weight is 381 g/mol. The summed E-state index contributed by atoms with van der Waals surface area (Å²) >= 11 is 0. The van der Waals surface area contributed by atoms with Gasteiger partial charge in [-0.3, -0.25) is 4.79 Å². The zero-order valence-corrected chi connectivity index (χ0v) is 16.6. The molecule has 1 aromatic carbocycles. The van der Waals surface area contributed by atoms with Crippen molar-refractivity contribution in [2.24, 2.45) is 0 Å². The van der Waals surface area contributed by atoms with Crippen LogP contribution in [-0.2, 0) is 4.79 Å². The molecular formula is C20H27N7O. The molecule has 4 rings (SSSR count). The lowest BCUT2D eigenvalue weighted by Gasteiger charge is -2.38. The first-order valence-corrected chi connectivity index (χ1v) is 9.86. The van der Waals surface area contributed by atoms with E-state index in [1.807, 2.05) is 0 Å². The van der Waals surface area contributed by atoms with Gasteiger partial charge < -0.3 is 19.6 Å². The number of amides is 1. The van der Waals surface area contributed by atoms with Gasteiger partial charge >= 0.3 is 0 Å². The van der Waals surface area contributed by atoms with E-state index in [2.05, 4.69) is 56.9 Å². The van der Waals surface area contributed by atoms with Gasteiger partial charge in [0, 0.05) is 58.0 Å². The number of aromatic nitrogens is 3. The third-order valence-electron chi connectivity index (χ3n) is 5.80.